The predicted molar refractivity (Wildman–Crippen MR) is 85.1 cm³/mol. The van der Waals surface area contributed by atoms with E-state index in [-0.39, 0.29) is 0 Å². The van der Waals surface area contributed by atoms with Crippen LogP contribution in [-0.4, -0.2) is 61.2 Å². The summed E-state index contributed by atoms with van der Waals surface area (Å²) in [6, 6.07) is 1.71. The maximum atomic E-state index is 3.79. The first-order chi connectivity index (χ1) is 9.92. The second-order valence-corrected chi connectivity index (χ2v) is 7.13. The summed E-state index contributed by atoms with van der Waals surface area (Å²) in [4.78, 5) is 5.47. The molecule has 3 nitrogen and oxygen atoms in total. The Kier molecular flexibility index (Phi) is 5.75. The van der Waals surface area contributed by atoms with E-state index in [0.717, 1.165) is 12.1 Å². The Morgan fingerprint density at radius 3 is 2.60 bits per heavy atom. The fraction of sp³-hybridized carbons (Fsp3) is 1.00. The number of hydrogen-bond acceptors (Lipinski definition) is 3. The summed E-state index contributed by atoms with van der Waals surface area (Å²) in [5.41, 5.74) is 0. The minimum Gasteiger partial charge on any atom is -0.314 e. The van der Waals surface area contributed by atoms with Crippen LogP contribution in [0.5, 0.6) is 0 Å². The normalized spacial score (nSPS) is 30.3. The minimum atomic E-state index is 0.832. The van der Waals surface area contributed by atoms with Crippen LogP contribution < -0.4 is 5.32 Å². The topological polar surface area (TPSA) is 18.5 Å². The van der Waals surface area contributed by atoms with Crippen molar-refractivity contribution in [2.75, 3.05) is 39.3 Å². The first-order valence-electron chi connectivity index (χ1n) is 9.11. The van der Waals surface area contributed by atoms with Crippen molar-refractivity contribution in [1.29, 1.82) is 0 Å². The van der Waals surface area contributed by atoms with Gasteiger partial charge in [0.25, 0.3) is 0 Å². The van der Waals surface area contributed by atoms with Crippen LogP contribution in [0.2, 0.25) is 0 Å². The molecule has 3 aliphatic rings. The molecular formula is C17H33N3. The largest absolute Gasteiger partial charge is 0.314 e. The van der Waals surface area contributed by atoms with E-state index in [4.69, 9.17) is 0 Å². The molecule has 3 heteroatoms. The number of fused-ring (bicyclic) bond motifs is 1. The van der Waals surface area contributed by atoms with Gasteiger partial charge < -0.3 is 10.2 Å². The molecule has 0 aromatic heterocycles. The highest BCUT2D eigenvalue weighted by molar-refractivity contribution is 4.85. The van der Waals surface area contributed by atoms with E-state index in [0.29, 0.717) is 0 Å². The lowest BCUT2D eigenvalue weighted by Gasteiger charge is -2.26. The summed E-state index contributed by atoms with van der Waals surface area (Å²) in [5.74, 6) is 0. The van der Waals surface area contributed by atoms with Gasteiger partial charge in [-0.1, -0.05) is 19.3 Å². The molecule has 0 aromatic carbocycles. The molecule has 2 saturated heterocycles. The number of hydrogen-bond donors (Lipinski definition) is 1. The average molecular weight is 279 g/mol. The third kappa shape index (κ3) is 4.19. The monoisotopic (exact) mass is 279 g/mol. The fourth-order valence-corrected chi connectivity index (χ4v) is 4.40. The van der Waals surface area contributed by atoms with Crippen LogP contribution >= 0.6 is 0 Å². The maximum absolute atomic E-state index is 3.79. The van der Waals surface area contributed by atoms with Crippen molar-refractivity contribution in [1.82, 2.24) is 15.1 Å². The van der Waals surface area contributed by atoms with Crippen LogP contribution in [0.25, 0.3) is 0 Å². The molecule has 1 unspecified atom stereocenters. The lowest BCUT2D eigenvalue weighted by Crippen LogP contribution is -2.38. The first kappa shape index (κ1) is 14.8. The molecule has 0 spiro atoms. The van der Waals surface area contributed by atoms with Gasteiger partial charge in [-0.2, -0.15) is 0 Å². The molecule has 1 saturated carbocycles. The van der Waals surface area contributed by atoms with Crippen LogP contribution in [0, 0.1) is 0 Å². The second kappa shape index (κ2) is 7.77. The third-order valence-electron chi connectivity index (χ3n) is 5.58. The molecule has 0 amide bonds. The van der Waals surface area contributed by atoms with Crippen LogP contribution in [0.15, 0.2) is 0 Å². The van der Waals surface area contributed by atoms with Crippen LogP contribution in [0.3, 0.4) is 0 Å². The molecule has 1 aliphatic carbocycles. The van der Waals surface area contributed by atoms with Crippen molar-refractivity contribution in [3.63, 3.8) is 0 Å². The molecule has 2 aliphatic heterocycles. The zero-order valence-corrected chi connectivity index (χ0v) is 13.2. The van der Waals surface area contributed by atoms with Crippen LogP contribution in [0.1, 0.15) is 57.8 Å². The maximum Gasteiger partial charge on any atom is 0.0223 e. The summed E-state index contributed by atoms with van der Waals surface area (Å²) in [7, 11) is 0. The Hall–Kier alpha value is -0.120. The summed E-state index contributed by atoms with van der Waals surface area (Å²) < 4.78 is 0. The molecule has 0 aromatic rings. The van der Waals surface area contributed by atoms with E-state index in [1.807, 2.05) is 0 Å². The van der Waals surface area contributed by atoms with Gasteiger partial charge in [0, 0.05) is 18.6 Å². The van der Waals surface area contributed by atoms with Crippen molar-refractivity contribution < 1.29 is 0 Å². The summed E-state index contributed by atoms with van der Waals surface area (Å²) >= 11 is 0. The highest BCUT2D eigenvalue weighted by Crippen LogP contribution is 2.21. The van der Waals surface area contributed by atoms with E-state index in [1.54, 1.807) is 0 Å². The third-order valence-corrected chi connectivity index (χ3v) is 5.58. The van der Waals surface area contributed by atoms with Crippen molar-refractivity contribution >= 4 is 0 Å². The van der Waals surface area contributed by atoms with Gasteiger partial charge in [0.15, 0.2) is 0 Å². The zero-order valence-electron chi connectivity index (χ0n) is 13.2. The number of nitrogens with zero attached hydrogens (tertiary/aromatic N) is 2. The molecule has 0 radical (unpaired) electrons. The van der Waals surface area contributed by atoms with Gasteiger partial charge in [-0.3, -0.25) is 4.90 Å². The van der Waals surface area contributed by atoms with Crippen molar-refractivity contribution in [3.8, 4) is 0 Å². The summed E-state index contributed by atoms with van der Waals surface area (Å²) in [5, 5.41) is 3.79. The highest BCUT2D eigenvalue weighted by Gasteiger charge is 2.28. The van der Waals surface area contributed by atoms with Gasteiger partial charge in [-0.15, -0.1) is 0 Å². The van der Waals surface area contributed by atoms with E-state index in [1.165, 1.54) is 97.1 Å². The van der Waals surface area contributed by atoms with E-state index in [2.05, 4.69) is 15.1 Å². The second-order valence-electron chi connectivity index (χ2n) is 7.13. The van der Waals surface area contributed by atoms with Gasteiger partial charge >= 0.3 is 0 Å². The first-order valence-corrected chi connectivity index (χ1v) is 9.11. The smallest absolute Gasteiger partial charge is 0.0223 e. The summed E-state index contributed by atoms with van der Waals surface area (Å²) in [6.45, 7) is 7.92. The Balaban J connectivity index is 1.31. The van der Waals surface area contributed by atoms with Gasteiger partial charge in [0.1, 0.15) is 0 Å². The Labute approximate surface area is 125 Å². The molecule has 116 valence electrons. The molecule has 2 heterocycles. The molecule has 1 N–H and O–H groups in total. The minimum absolute atomic E-state index is 0.832. The predicted octanol–water partition coefficient (Wildman–Crippen LogP) is 2.47. The number of rotatable bonds is 5. The fourth-order valence-electron chi connectivity index (χ4n) is 4.40. The summed E-state index contributed by atoms with van der Waals surface area (Å²) in [6.07, 6.45) is 12.8. The Bertz CT molecular complexity index is 275. The number of nitrogens with one attached hydrogen (secondary N) is 1. The Morgan fingerprint density at radius 1 is 0.850 bits per heavy atom. The molecule has 0 bridgehead atoms. The molecule has 3 rings (SSSR count). The highest BCUT2D eigenvalue weighted by atomic mass is 15.3. The van der Waals surface area contributed by atoms with Gasteiger partial charge in [-0.25, -0.2) is 0 Å². The zero-order chi connectivity index (χ0) is 13.6. The van der Waals surface area contributed by atoms with Crippen LogP contribution in [0.4, 0.5) is 0 Å². The molecule has 3 fully saturated rings. The molecule has 20 heavy (non-hydrogen) atoms. The van der Waals surface area contributed by atoms with Crippen molar-refractivity contribution in [2.45, 2.75) is 69.9 Å². The Morgan fingerprint density at radius 2 is 1.70 bits per heavy atom. The van der Waals surface area contributed by atoms with Gasteiger partial charge in [0.2, 0.25) is 0 Å². The van der Waals surface area contributed by atoms with E-state index in [9.17, 15) is 0 Å². The van der Waals surface area contributed by atoms with Gasteiger partial charge in [0.05, 0.1) is 0 Å². The SMILES string of the molecule is C1CCC(NCCCN2CCCN3CCCC3C2)CC1. The van der Waals surface area contributed by atoms with Gasteiger partial charge in [-0.05, 0) is 71.2 Å². The van der Waals surface area contributed by atoms with E-state index >= 15 is 0 Å². The molecule has 1 atom stereocenters. The van der Waals surface area contributed by atoms with Crippen molar-refractivity contribution in [3.05, 3.63) is 0 Å². The average Bonchev–Trinajstić information content (AvgIpc) is 2.83. The van der Waals surface area contributed by atoms with E-state index < -0.39 is 0 Å². The quantitative estimate of drug-likeness (QED) is 0.780. The standard InChI is InChI=1S/C17H33N3/c1-2-7-16(8-3-1)18-10-5-11-19-12-6-14-20-13-4-9-17(20)15-19/h16-18H,1-15H2. The van der Waals surface area contributed by atoms with Crippen LogP contribution in [-0.2, 0) is 0 Å². The lowest BCUT2D eigenvalue weighted by atomic mass is 9.95. The lowest BCUT2D eigenvalue weighted by molar-refractivity contribution is 0.217. The van der Waals surface area contributed by atoms with Crippen molar-refractivity contribution in [2.24, 2.45) is 0 Å². The molecular weight excluding hydrogens is 246 g/mol.